The molecule has 32 heavy (non-hydrogen) atoms. The van der Waals surface area contributed by atoms with E-state index >= 15 is 4.39 Å². The predicted octanol–water partition coefficient (Wildman–Crippen LogP) is 5.98. The molecule has 3 aromatic carbocycles. The fourth-order valence-corrected chi connectivity index (χ4v) is 3.91. The van der Waals surface area contributed by atoms with Crippen molar-refractivity contribution in [1.82, 2.24) is 9.55 Å². The van der Waals surface area contributed by atoms with Gasteiger partial charge in [-0.05, 0) is 47.9 Å². The van der Waals surface area contributed by atoms with Crippen LogP contribution in [-0.4, -0.2) is 15.5 Å². The van der Waals surface area contributed by atoms with Crippen LogP contribution in [0.2, 0.25) is 0 Å². The van der Waals surface area contributed by atoms with Crippen molar-refractivity contribution in [1.29, 1.82) is 0 Å². The molecule has 162 valence electrons. The van der Waals surface area contributed by atoms with Crippen molar-refractivity contribution < 1.29 is 18.3 Å². The number of aromatic nitrogens is 2. The lowest BCUT2D eigenvalue weighted by Crippen LogP contribution is -2.45. The molecule has 0 aliphatic rings. The summed E-state index contributed by atoms with van der Waals surface area (Å²) in [6.45, 7) is 1.94. The van der Waals surface area contributed by atoms with Crippen molar-refractivity contribution in [3.8, 4) is 16.9 Å². The summed E-state index contributed by atoms with van der Waals surface area (Å²) in [5.74, 6) is -1.27. The monoisotopic (exact) mass is 432 g/mol. The van der Waals surface area contributed by atoms with Crippen LogP contribution in [0.4, 0.5) is 8.78 Å². The number of ether oxygens (including phenoxy) is 1. The van der Waals surface area contributed by atoms with Crippen LogP contribution in [0.1, 0.15) is 25.3 Å². The van der Waals surface area contributed by atoms with Crippen molar-refractivity contribution in [3.63, 3.8) is 0 Å². The average molecular weight is 432 g/mol. The Bertz CT molecular complexity index is 1190. The molecule has 1 heterocycles. The lowest BCUT2D eigenvalue weighted by Gasteiger charge is -2.33. The fraction of sp³-hybridized carbons (Fsp3) is 0.154. The van der Waals surface area contributed by atoms with E-state index in [1.54, 1.807) is 29.1 Å². The molecule has 0 aliphatic carbocycles. The molecule has 0 N–H and O–H groups in total. The van der Waals surface area contributed by atoms with Crippen LogP contribution in [0.25, 0.3) is 11.1 Å². The van der Waals surface area contributed by atoms with Crippen LogP contribution in [0.15, 0.2) is 91.5 Å². The molecule has 0 radical (unpaired) electrons. The third-order valence-electron chi connectivity index (χ3n) is 5.45. The minimum Gasteiger partial charge on any atom is -0.425 e. The van der Waals surface area contributed by atoms with Gasteiger partial charge in [0.05, 0.1) is 6.33 Å². The van der Waals surface area contributed by atoms with Gasteiger partial charge in [-0.2, -0.15) is 0 Å². The van der Waals surface area contributed by atoms with E-state index in [4.69, 9.17) is 4.74 Å². The zero-order valence-electron chi connectivity index (χ0n) is 17.5. The smallest absolute Gasteiger partial charge is 0.342 e. The largest absolute Gasteiger partial charge is 0.425 e. The Balaban J connectivity index is 1.81. The van der Waals surface area contributed by atoms with Gasteiger partial charge in [0.15, 0.2) is 5.54 Å². The summed E-state index contributed by atoms with van der Waals surface area (Å²) < 4.78 is 35.8. The maximum absolute atomic E-state index is 15.3. The predicted molar refractivity (Wildman–Crippen MR) is 118 cm³/mol. The highest BCUT2D eigenvalue weighted by Gasteiger charge is 2.43. The average Bonchev–Trinajstić information content (AvgIpc) is 3.35. The molecule has 6 heteroatoms. The minimum atomic E-state index is -1.34. The fourth-order valence-electron chi connectivity index (χ4n) is 3.91. The summed E-state index contributed by atoms with van der Waals surface area (Å²) in [5.41, 5.74) is 0.295. The molecule has 0 spiro atoms. The van der Waals surface area contributed by atoms with Gasteiger partial charge < -0.3 is 9.30 Å². The molecule has 0 aliphatic heterocycles. The molecule has 4 nitrogen and oxygen atoms in total. The number of nitrogens with zero attached hydrogens (tertiary/aromatic N) is 2. The summed E-state index contributed by atoms with van der Waals surface area (Å²) in [5, 5.41) is 0. The number of benzene rings is 3. The number of imidazole rings is 1. The topological polar surface area (TPSA) is 44.1 Å². The van der Waals surface area contributed by atoms with Gasteiger partial charge in [-0.15, -0.1) is 0 Å². The number of hydrogen-bond donors (Lipinski definition) is 0. The molecular weight excluding hydrogens is 410 g/mol. The molecule has 0 saturated carbocycles. The second-order valence-corrected chi connectivity index (χ2v) is 7.48. The van der Waals surface area contributed by atoms with Crippen molar-refractivity contribution in [2.45, 2.75) is 25.3 Å². The van der Waals surface area contributed by atoms with Crippen LogP contribution in [-0.2, 0) is 10.3 Å². The molecule has 0 fully saturated rings. The molecule has 1 atom stereocenters. The van der Waals surface area contributed by atoms with E-state index in [0.29, 0.717) is 24.0 Å². The molecule has 0 saturated heterocycles. The van der Waals surface area contributed by atoms with Gasteiger partial charge in [-0.1, -0.05) is 55.8 Å². The van der Waals surface area contributed by atoms with Gasteiger partial charge in [0, 0.05) is 18.0 Å². The van der Waals surface area contributed by atoms with Crippen LogP contribution in [0.3, 0.4) is 0 Å². The summed E-state index contributed by atoms with van der Waals surface area (Å²) in [6, 6.07) is 19.2. The number of halogens is 2. The Morgan fingerprint density at radius 2 is 1.78 bits per heavy atom. The van der Waals surface area contributed by atoms with Crippen LogP contribution in [0.5, 0.6) is 5.75 Å². The zero-order valence-corrected chi connectivity index (χ0v) is 17.5. The summed E-state index contributed by atoms with van der Waals surface area (Å²) in [7, 11) is 0. The third kappa shape index (κ3) is 4.04. The van der Waals surface area contributed by atoms with Gasteiger partial charge in [0.25, 0.3) is 0 Å². The number of carbonyl (C=O) groups excluding carboxylic acids is 1. The third-order valence-corrected chi connectivity index (χ3v) is 5.45. The van der Waals surface area contributed by atoms with E-state index < -0.39 is 23.1 Å². The number of hydrogen-bond acceptors (Lipinski definition) is 3. The number of carbonyl (C=O) groups is 1. The molecule has 1 aromatic heterocycles. The summed E-state index contributed by atoms with van der Waals surface area (Å²) in [6.07, 6.45) is 5.71. The Morgan fingerprint density at radius 3 is 2.41 bits per heavy atom. The van der Waals surface area contributed by atoms with Crippen LogP contribution < -0.4 is 4.74 Å². The van der Waals surface area contributed by atoms with E-state index in [1.165, 1.54) is 36.7 Å². The molecule has 4 aromatic rings. The minimum absolute atomic E-state index is 0.207. The van der Waals surface area contributed by atoms with Crippen molar-refractivity contribution >= 4 is 5.97 Å². The highest BCUT2D eigenvalue weighted by molar-refractivity contribution is 5.85. The summed E-state index contributed by atoms with van der Waals surface area (Å²) in [4.78, 5) is 17.7. The molecule has 4 rings (SSSR count). The molecule has 0 amide bonds. The van der Waals surface area contributed by atoms with E-state index in [-0.39, 0.29) is 5.75 Å². The van der Waals surface area contributed by atoms with Crippen molar-refractivity contribution in [2.75, 3.05) is 0 Å². The first kappa shape index (κ1) is 21.4. The van der Waals surface area contributed by atoms with Crippen LogP contribution in [0, 0.1) is 11.6 Å². The molecule has 1 unspecified atom stereocenters. The van der Waals surface area contributed by atoms with Gasteiger partial charge in [0.1, 0.15) is 17.4 Å². The maximum atomic E-state index is 15.3. The highest BCUT2D eigenvalue weighted by atomic mass is 19.1. The van der Waals surface area contributed by atoms with E-state index in [9.17, 15) is 9.18 Å². The first-order valence-electron chi connectivity index (χ1n) is 10.4. The van der Waals surface area contributed by atoms with Gasteiger partial charge >= 0.3 is 5.97 Å². The SMILES string of the molecule is CCCC(C(=O)Oc1ccc(F)cc1)(c1ccc(-c2ccccc2)c(F)c1)n1ccnc1. The Labute approximate surface area is 185 Å². The lowest BCUT2D eigenvalue weighted by molar-refractivity contribution is -0.142. The molecular formula is C26H22F2N2O2. The molecule has 0 bridgehead atoms. The van der Waals surface area contributed by atoms with Gasteiger partial charge in [-0.3, -0.25) is 0 Å². The highest BCUT2D eigenvalue weighted by Crippen LogP contribution is 2.36. The zero-order chi connectivity index (χ0) is 22.6. The van der Waals surface area contributed by atoms with E-state index in [0.717, 1.165) is 5.56 Å². The first-order chi connectivity index (χ1) is 15.5. The number of esters is 1. The number of rotatable bonds is 7. The second-order valence-electron chi connectivity index (χ2n) is 7.48. The standard InChI is InChI=1S/C26H22F2N2O2/c1-2-14-26(30-16-15-29-18-30,25(31)32-22-11-9-21(27)10-12-22)20-8-13-23(24(28)17-20)19-6-4-3-5-7-19/h3-13,15-18H,2,14H2,1H3. The normalized spacial score (nSPS) is 12.8. The van der Waals surface area contributed by atoms with E-state index in [1.807, 2.05) is 37.3 Å². The maximum Gasteiger partial charge on any atom is 0.342 e. The Hall–Kier alpha value is -3.80. The first-order valence-corrected chi connectivity index (χ1v) is 10.4. The Morgan fingerprint density at radius 1 is 1.03 bits per heavy atom. The van der Waals surface area contributed by atoms with E-state index in [2.05, 4.69) is 4.98 Å². The van der Waals surface area contributed by atoms with Crippen molar-refractivity contribution in [3.05, 3.63) is 109 Å². The quantitative estimate of drug-likeness (QED) is 0.267. The Kier molecular flexibility index (Phi) is 6.12. The van der Waals surface area contributed by atoms with Crippen LogP contribution >= 0.6 is 0 Å². The second kappa shape index (κ2) is 9.14. The van der Waals surface area contributed by atoms with Crippen molar-refractivity contribution in [2.24, 2.45) is 0 Å². The summed E-state index contributed by atoms with van der Waals surface area (Å²) >= 11 is 0. The lowest BCUT2D eigenvalue weighted by atomic mass is 9.84. The van der Waals surface area contributed by atoms with Gasteiger partial charge in [-0.25, -0.2) is 18.6 Å². The van der Waals surface area contributed by atoms with Gasteiger partial charge in [0.2, 0.25) is 0 Å².